The molecule has 7 nitrogen and oxygen atoms in total. The van der Waals surface area contributed by atoms with Crippen molar-refractivity contribution in [3.05, 3.63) is 30.1 Å². The maximum Gasteiger partial charge on any atom is 0.326 e. The summed E-state index contributed by atoms with van der Waals surface area (Å²) in [6.45, 7) is 3.46. The van der Waals surface area contributed by atoms with Crippen molar-refractivity contribution in [1.29, 1.82) is 0 Å². The summed E-state index contributed by atoms with van der Waals surface area (Å²) in [5.41, 5.74) is 0.118. The molecule has 21 heavy (non-hydrogen) atoms. The van der Waals surface area contributed by atoms with Crippen LogP contribution in [0.15, 0.2) is 24.4 Å². The van der Waals surface area contributed by atoms with Gasteiger partial charge >= 0.3 is 11.9 Å². The van der Waals surface area contributed by atoms with Crippen molar-refractivity contribution >= 4 is 17.8 Å². The highest BCUT2D eigenvalue weighted by Crippen LogP contribution is 2.11. The molecule has 0 radical (unpaired) electrons. The van der Waals surface area contributed by atoms with E-state index in [9.17, 15) is 19.5 Å². The molecular formula is C14H18N2O5. The fraction of sp³-hybridized carbons (Fsp3) is 0.429. The predicted octanol–water partition coefficient (Wildman–Crippen LogP) is 0.854. The minimum Gasteiger partial charge on any atom is -0.480 e. The number of aromatic nitrogens is 1. The molecule has 0 saturated carbocycles. The number of hydrogen-bond donors (Lipinski definition) is 2. The largest absolute Gasteiger partial charge is 0.480 e. The molecular weight excluding hydrogens is 276 g/mol. The minimum absolute atomic E-state index is 0.0900. The third-order valence-electron chi connectivity index (χ3n) is 2.81. The van der Waals surface area contributed by atoms with Crippen LogP contribution in [-0.2, 0) is 14.3 Å². The van der Waals surface area contributed by atoms with Gasteiger partial charge in [0, 0.05) is 6.20 Å². The summed E-state index contributed by atoms with van der Waals surface area (Å²) in [5, 5.41) is 11.6. The van der Waals surface area contributed by atoms with E-state index < -0.39 is 29.8 Å². The van der Waals surface area contributed by atoms with E-state index in [0.29, 0.717) is 0 Å². The first kappa shape index (κ1) is 16.6. The molecule has 2 atom stereocenters. The molecule has 1 rings (SSSR count). The second-order valence-electron chi connectivity index (χ2n) is 4.49. The van der Waals surface area contributed by atoms with Crippen molar-refractivity contribution in [3.63, 3.8) is 0 Å². The summed E-state index contributed by atoms with van der Waals surface area (Å²) in [5.74, 6) is -2.91. The molecule has 0 bridgehead atoms. The first-order chi connectivity index (χ1) is 9.95. The molecule has 2 N–H and O–H groups in total. The van der Waals surface area contributed by atoms with Gasteiger partial charge in [-0.2, -0.15) is 0 Å². The number of esters is 1. The number of nitrogens with zero attached hydrogens (tertiary/aromatic N) is 1. The smallest absolute Gasteiger partial charge is 0.326 e. The first-order valence-corrected chi connectivity index (χ1v) is 6.56. The predicted molar refractivity (Wildman–Crippen MR) is 73.5 cm³/mol. The SMILES string of the molecule is CCOC(=O)C[C@H](C)[C@@H](NC(=O)c1ccccn1)C(=O)O. The average molecular weight is 294 g/mol. The Morgan fingerprint density at radius 2 is 2.10 bits per heavy atom. The average Bonchev–Trinajstić information content (AvgIpc) is 2.45. The van der Waals surface area contributed by atoms with Gasteiger partial charge in [0.1, 0.15) is 11.7 Å². The topological polar surface area (TPSA) is 106 Å². The van der Waals surface area contributed by atoms with E-state index in [0.717, 1.165) is 0 Å². The molecule has 0 aromatic carbocycles. The highest BCUT2D eigenvalue weighted by Gasteiger charge is 2.29. The van der Waals surface area contributed by atoms with Gasteiger partial charge in [0.2, 0.25) is 0 Å². The van der Waals surface area contributed by atoms with Crippen LogP contribution in [0.5, 0.6) is 0 Å². The molecule has 0 aliphatic heterocycles. The van der Waals surface area contributed by atoms with E-state index in [2.05, 4.69) is 10.3 Å². The van der Waals surface area contributed by atoms with Gasteiger partial charge in [-0.3, -0.25) is 14.6 Å². The third kappa shape index (κ3) is 5.21. The molecule has 114 valence electrons. The lowest BCUT2D eigenvalue weighted by atomic mass is 9.98. The van der Waals surface area contributed by atoms with Gasteiger partial charge in [-0.05, 0) is 25.0 Å². The van der Waals surface area contributed by atoms with E-state index in [-0.39, 0.29) is 18.7 Å². The van der Waals surface area contributed by atoms with Crippen molar-refractivity contribution in [2.45, 2.75) is 26.3 Å². The quantitative estimate of drug-likeness (QED) is 0.722. The van der Waals surface area contributed by atoms with Crippen LogP contribution in [0.4, 0.5) is 0 Å². The molecule has 0 aliphatic rings. The van der Waals surface area contributed by atoms with Gasteiger partial charge in [-0.15, -0.1) is 0 Å². The van der Waals surface area contributed by atoms with Gasteiger partial charge in [-0.25, -0.2) is 4.79 Å². The highest BCUT2D eigenvalue weighted by atomic mass is 16.5. The second-order valence-corrected chi connectivity index (χ2v) is 4.49. The number of rotatable bonds is 7. The van der Waals surface area contributed by atoms with E-state index in [1.165, 1.54) is 12.3 Å². The normalized spacial score (nSPS) is 13.0. The van der Waals surface area contributed by atoms with E-state index in [1.807, 2.05) is 0 Å². The van der Waals surface area contributed by atoms with Crippen molar-refractivity contribution in [1.82, 2.24) is 10.3 Å². The Bertz CT molecular complexity index is 503. The number of hydrogen-bond acceptors (Lipinski definition) is 5. The summed E-state index contributed by atoms with van der Waals surface area (Å²) in [6.07, 6.45) is 1.35. The minimum atomic E-state index is -1.21. The van der Waals surface area contributed by atoms with Crippen LogP contribution in [0, 0.1) is 5.92 Å². The first-order valence-electron chi connectivity index (χ1n) is 6.56. The van der Waals surface area contributed by atoms with Crippen molar-refractivity contribution in [2.75, 3.05) is 6.61 Å². The molecule has 7 heteroatoms. The molecule has 0 saturated heterocycles. The molecule has 1 aromatic rings. The molecule has 1 aromatic heterocycles. The Morgan fingerprint density at radius 1 is 1.38 bits per heavy atom. The maximum atomic E-state index is 11.9. The summed E-state index contributed by atoms with van der Waals surface area (Å²) < 4.78 is 4.78. The number of amides is 1. The van der Waals surface area contributed by atoms with Gasteiger partial charge in [0.25, 0.3) is 5.91 Å². The standard InChI is InChI=1S/C14H18N2O5/c1-3-21-11(17)8-9(2)12(14(19)20)16-13(18)10-6-4-5-7-15-10/h4-7,9,12H,3,8H2,1-2H3,(H,16,18)(H,19,20)/t9-,12+/m0/s1. The molecule has 0 aliphatic carbocycles. The fourth-order valence-corrected chi connectivity index (χ4v) is 1.76. The number of carbonyl (C=O) groups excluding carboxylic acids is 2. The van der Waals surface area contributed by atoms with Crippen molar-refractivity contribution < 1.29 is 24.2 Å². The number of carboxylic acids is 1. The molecule has 0 spiro atoms. The highest BCUT2D eigenvalue weighted by molar-refractivity contribution is 5.95. The van der Waals surface area contributed by atoms with Crippen LogP contribution in [0.2, 0.25) is 0 Å². The lowest BCUT2D eigenvalue weighted by molar-refractivity contribution is -0.145. The molecule has 1 heterocycles. The van der Waals surface area contributed by atoms with Gasteiger partial charge < -0.3 is 15.2 Å². The van der Waals surface area contributed by atoms with Crippen LogP contribution < -0.4 is 5.32 Å². The second kappa shape index (κ2) is 7.98. The number of pyridine rings is 1. The van der Waals surface area contributed by atoms with E-state index in [1.54, 1.807) is 26.0 Å². The summed E-state index contributed by atoms with van der Waals surface area (Å²) in [6, 6.07) is 3.56. The Morgan fingerprint density at radius 3 is 2.62 bits per heavy atom. The number of carbonyl (C=O) groups is 3. The number of ether oxygens (including phenoxy) is 1. The number of aliphatic carboxylic acids is 1. The van der Waals surface area contributed by atoms with Crippen molar-refractivity contribution in [3.8, 4) is 0 Å². The Balaban J connectivity index is 2.71. The summed E-state index contributed by atoms with van der Waals surface area (Å²) >= 11 is 0. The van der Waals surface area contributed by atoms with E-state index in [4.69, 9.17) is 4.74 Å². The Labute approximate surface area is 122 Å². The Kier molecular flexibility index (Phi) is 6.32. The maximum absolute atomic E-state index is 11.9. The van der Waals surface area contributed by atoms with Gasteiger partial charge in [-0.1, -0.05) is 13.0 Å². The van der Waals surface area contributed by atoms with Crippen LogP contribution >= 0.6 is 0 Å². The summed E-state index contributed by atoms with van der Waals surface area (Å²) in [7, 11) is 0. The lowest BCUT2D eigenvalue weighted by Gasteiger charge is -2.20. The number of nitrogens with one attached hydrogen (secondary N) is 1. The monoisotopic (exact) mass is 294 g/mol. The fourth-order valence-electron chi connectivity index (χ4n) is 1.76. The zero-order valence-electron chi connectivity index (χ0n) is 11.9. The van der Waals surface area contributed by atoms with Crippen LogP contribution in [0.25, 0.3) is 0 Å². The zero-order chi connectivity index (χ0) is 15.8. The van der Waals surface area contributed by atoms with Crippen LogP contribution in [0.1, 0.15) is 30.8 Å². The van der Waals surface area contributed by atoms with Gasteiger partial charge in [0.15, 0.2) is 0 Å². The van der Waals surface area contributed by atoms with E-state index >= 15 is 0 Å². The molecule has 1 amide bonds. The van der Waals surface area contributed by atoms with Crippen molar-refractivity contribution in [2.24, 2.45) is 5.92 Å². The van der Waals surface area contributed by atoms with Crippen LogP contribution in [0.3, 0.4) is 0 Å². The molecule has 0 fully saturated rings. The van der Waals surface area contributed by atoms with Crippen LogP contribution in [-0.4, -0.2) is 40.6 Å². The Hall–Kier alpha value is -2.44. The lowest BCUT2D eigenvalue weighted by Crippen LogP contribution is -2.46. The molecule has 0 unspecified atom stereocenters. The zero-order valence-corrected chi connectivity index (χ0v) is 11.9. The van der Waals surface area contributed by atoms with Gasteiger partial charge in [0.05, 0.1) is 13.0 Å². The number of carboxylic acid groups (broad SMARTS) is 1. The third-order valence-corrected chi connectivity index (χ3v) is 2.81. The summed E-state index contributed by atoms with van der Waals surface area (Å²) in [4.78, 5) is 38.4.